The molecule has 1 saturated heterocycles. The van der Waals surface area contributed by atoms with Crippen molar-refractivity contribution < 1.29 is 14.3 Å². The van der Waals surface area contributed by atoms with E-state index in [2.05, 4.69) is 9.97 Å². The Bertz CT molecular complexity index is 770. The van der Waals surface area contributed by atoms with Gasteiger partial charge in [0.25, 0.3) is 0 Å². The summed E-state index contributed by atoms with van der Waals surface area (Å²) in [5.41, 5.74) is -0.209. The van der Waals surface area contributed by atoms with Crippen LogP contribution in [0.2, 0.25) is 0 Å². The van der Waals surface area contributed by atoms with Crippen molar-refractivity contribution in [3.05, 3.63) is 44.5 Å². The molecule has 0 bridgehead atoms. The van der Waals surface area contributed by atoms with E-state index in [1.54, 1.807) is 12.1 Å². The van der Waals surface area contributed by atoms with Crippen molar-refractivity contribution in [2.24, 2.45) is 0 Å². The number of ketones is 1. The van der Waals surface area contributed by atoms with Crippen LogP contribution in [0.25, 0.3) is 11.0 Å². The van der Waals surface area contributed by atoms with Gasteiger partial charge in [0.15, 0.2) is 5.78 Å². The first kappa shape index (κ1) is 12.8. The summed E-state index contributed by atoms with van der Waals surface area (Å²) in [6.45, 7) is 1.09. The van der Waals surface area contributed by atoms with E-state index in [-0.39, 0.29) is 12.4 Å². The molecule has 0 radical (unpaired) electrons. The van der Waals surface area contributed by atoms with Crippen molar-refractivity contribution in [3.8, 4) is 0 Å². The molecule has 104 valence electrons. The zero-order chi connectivity index (χ0) is 14.1. The second kappa shape index (κ2) is 5.03. The maximum absolute atomic E-state index is 12.2. The van der Waals surface area contributed by atoms with Gasteiger partial charge in [-0.15, -0.1) is 0 Å². The molecule has 1 atom stereocenters. The van der Waals surface area contributed by atoms with E-state index < -0.39 is 17.2 Å². The summed E-state index contributed by atoms with van der Waals surface area (Å²) in [4.78, 5) is 39.6. The van der Waals surface area contributed by atoms with Gasteiger partial charge in [0.2, 0.25) is 0 Å². The van der Waals surface area contributed by atoms with Crippen LogP contribution in [-0.2, 0) is 9.47 Å². The zero-order valence-corrected chi connectivity index (χ0v) is 10.5. The standard InChI is InChI=1S/C13H12N2O5/c16-11(10-6-19-3-4-20-10)7-1-2-8-9(5-7)15-13(18)12(17)14-8/h1-2,5,10H,3-4,6H2,(H,14,17)(H,15,18). The topological polar surface area (TPSA) is 101 Å². The van der Waals surface area contributed by atoms with Crippen LogP contribution < -0.4 is 11.1 Å². The second-order valence-electron chi connectivity index (χ2n) is 4.47. The first-order valence-electron chi connectivity index (χ1n) is 6.15. The van der Waals surface area contributed by atoms with Gasteiger partial charge < -0.3 is 19.4 Å². The van der Waals surface area contributed by atoms with Crippen LogP contribution in [0.15, 0.2) is 27.8 Å². The molecule has 7 heteroatoms. The molecule has 1 aromatic carbocycles. The number of fused-ring (bicyclic) bond motifs is 1. The Morgan fingerprint density at radius 3 is 2.55 bits per heavy atom. The molecule has 2 N–H and O–H groups in total. The van der Waals surface area contributed by atoms with Crippen LogP contribution in [0.1, 0.15) is 10.4 Å². The second-order valence-corrected chi connectivity index (χ2v) is 4.47. The van der Waals surface area contributed by atoms with Gasteiger partial charge in [-0.3, -0.25) is 14.4 Å². The number of aromatic nitrogens is 2. The number of hydrogen-bond acceptors (Lipinski definition) is 5. The molecule has 20 heavy (non-hydrogen) atoms. The summed E-state index contributed by atoms with van der Waals surface area (Å²) < 4.78 is 10.5. The van der Waals surface area contributed by atoms with Gasteiger partial charge in [-0.25, -0.2) is 0 Å². The van der Waals surface area contributed by atoms with Gasteiger partial charge in [0.05, 0.1) is 30.9 Å². The Balaban J connectivity index is 1.99. The van der Waals surface area contributed by atoms with Crippen LogP contribution in [0, 0.1) is 0 Å². The lowest BCUT2D eigenvalue weighted by Gasteiger charge is -2.21. The van der Waals surface area contributed by atoms with Gasteiger partial charge in [0.1, 0.15) is 6.10 Å². The molecule has 1 aliphatic heterocycles. The summed E-state index contributed by atoms with van der Waals surface area (Å²) in [5, 5.41) is 0. The molecule has 1 aliphatic rings. The van der Waals surface area contributed by atoms with Gasteiger partial charge in [-0.2, -0.15) is 0 Å². The molecule has 3 rings (SSSR count). The third-order valence-corrected chi connectivity index (χ3v) is 3.12. The maximum atomic E-state index is 12.2. The molecular weight excluding hydrogens is 264 g/mol. The van der Waals surface area contributed by atoms with E-state index in [1.165, 1.54) is 6.07 Å². The molecule has 0 spiro atoms. The fraction of sp³-hybridized carbons (Fsp3) is 0.308. The molecule has 0 amide bonds. The van der Waals surface area contributed by atoms with Crippen molar-refractivity contribution in [1.29, 1.82) is 0 Å². The quantitative estimate of drug-likeness (QED) is 0.585. The van der Waals surface area contributed by atoms with Gasteiger partial charge in [0, 0.05) is 5.56 Å². The lowest BCUT2D eigenvalue weighted by molar-refractivity contribution is -0.0719. The fourth-order valence-electron chi connectivity index (χ4n) is 2.09. The predicted octanol–water partition coefficient (Wildman–Crippen LogP) is -0.186. The summed E-state index contributed by atoms with van der Waals surface area (Å²) >= 11 is 0. The smallest absolute Gasteiger partial charge is 0.314 e. The Labute approximate surface area is 112 Å². The number of benzene rings is 1. The third kappa shape index (κ3) is 2.28. The molecule has 0 aliphatic carbocycles. The molecule has 7 nitrogen and oxygen atoms in total. The highest BCUT2D eigenvalue weighted by Gasteiger charge is 2.24. The van der Waals surface area contributed by atoms with Crippen molar-refractivity contribution in [1.82, 2.24) is 9.97 Å². The van der Waals surface area contributed by atoms with Gasteiger partial charge >= 0.3 is 11.1 Å². The minimum absolute atomic E-state index is 0.210. The minimum atomic E-state index is -0.751. The van der Waals surface area contributed by atoms with Crippen LogP contribution >= 0.6 is 0 Å². The summed E-state index contributed by atoms with van der Waals surface area (Å²) in [6.07, 6.45) is -0.629. The van der Waals surface area contributed by atoms with E-state index in [0.717, 1.165) is 0 Å². The summed E-state index contributed by atoms with van der Waals surface area (Å²) in [5.74, 6) is -0.210. The average Bonchev–Trinajstić information content (AvgIpc) is 2.48. The SMILES string of the molecule is O=C(c1ccc2[nH]c(=O)c(=O)[nH]c2c1)C1COCCO1. The molecule has 0 saturated carbocycles. The number of nitrogens with one attached hydrogen (secondary N) is 2. The Kier molecular flexibility index (Phi) is 3.21. The first-order chi connectivity index (χ1) is 9.65. The number of H-pyrrole nitrogens is 2. The van der Waals surface area contributed by atoms with Gasteiger partial charge in [-0.05, 0) is 18.2 Å². The van der Waals surface area contributed by atoms with Gasteiger partial charge in [-0.1, -0.05) is 0 Å². The van der Waals surface area contributed by atoms with E-state index in [1.807, 2.05) is 0 Å². The number of carbonyl (C=O) groups is 1. The lowest BCUT2D eigenvalue weighted by atomic mass is 10.1. The van der Waals surface area contributed by atoms with E-state index in [4.69, 9.17) is 9.47 Å². The number of ether oxygens (including phenoxy) is 2. The highest BCUT2D eigenvalue weighted by Crippen LogP contribution is 2.14. The summed E-state index contributed by atoms with van der Waals surface area (Å²) in [6, 6.07) is 4.67. The largest absolute Gasteiger partial charge is 0.376 e. The molecule has 1 aromatic heterocycles. The number of rotatable bonds is 2. The third-order valence-electron chi connectivity index (χ3n) is 3.12. The highest BCUT2D eigenvalue weighted by atomic mass is 16.6. The number of Topliss-reactive ketones (excluding diaryl/α,β-unsaturated/α-hetero) is 1. The predicted molar refractivity (Wildman–Crippen MR) is 70.1 cm³/mol. The average molecular weight is 276 g/mol. The molecule has 1 unspecified atom stereocenters. The van der Waals surface area contributed by atoms with Crippen LogP contribution in [0.5, 0.6) is 0 Å². The first-order valence-corrected chi connectivity index (χ1v) is 6.15. The van der Waals surface area contributed by atoms with Crippen molar-refractivity contribution >= 4 is 16.8 Å². The Morgan fingerprint density at radius 1 is 1.10 bits per heavy atom. The van der Waals surface area contributed by atoms with E-state index >= 15 is 0 Å². The highest BCUT2D eigenvalue weighted by molar-refractivity contribution is 6.01. The maximum Gasteiger partial charge on any atom is 0.314 e. The van der Waals surface area contributed by atoms with Crippen molar-refractivity contribution in [2.75, 3.05) is 19.8 Å². The van der Waals surface area contributed by atoms with Crippen molar-refractivity contribution in [2.45, 2.75) is 6.10 Å². The van der Waals surface area contributed by atoms with Crippen LogP contribution in [-0.4, -0.2) is 41.7 Å². The number of hydrogen-bond donors (Lipinski definition) is 2. The molecular formula is C13H12N2O5. The molecule has 1 fully saturated rings. The van der Waals surface area contributed by atoms with E-state index in [9.17, 15) is 14.4 Å². The lowest BCUT2D eigenvalue weighted by Crippen LogP contribution is -2.35. The van der Waals surface area contributed by atoms with Crippen LogP contribution in [0.4, 0.5) is 0 Å². The fourth-order valence-corrected chi connectivity index (χ4v) is 2.09. The number of carbonyl (C=O) groups excluding carboxylic acids is 1. The molecule has 2 heterocycles. The summed E-state index contributed by atoms with van der Waals surface area (Å²) in [7, 11) is 0. The van der Waals surface area contributed by atoms with E-state index in [0.29, 0.717) is 29.8 Å². The van der Waals surface area contributed by atoms with Crippen LogP contribution in [0.3, 0.4) is 0 Å². The minimum Gasteiger partial charge on any atom is -0.376 e. The Hall–Kier alpha value is -2.25. The number of aromatic amines is 2. The zero-order valence-electron chi connectivity index (χ0n) is 10.5. The van der Waals surface area contributed by atoms with Crippen molar-refractivity contribution in [3.63, 3.8) is 0 Å². The molecule has 2 aromatic rings. The monoisotopic (exact) mass is 276 g/mol. The Morgan fingerprint density at radius 2 is 1.85 bits per heavy atom. The normalized spacial score (nSPS) is 19.1.